The van der Waals surface area contributed by atoms with Crippen molar-refractivity contribution >= 4 is 0 Å². The standard InChI is InChI=1S/C10H16N2.C2H6.CH4/c1-7(2)9-5-6-11-12-10(9)8(3)4;1-2;/h5-8H,1-4H3;1-2H3;1H4. The topological polar surface area (TPSA) is 25.8 Å². The van der Waals surface area contributed by atoms with Gasteiger partial charge in [0.05, 0.1) is 5.69 Å². The van der Waals surface area contributed by atoms with Gasteiger partial charge in [-0.05, 0) is 23.5 Å². The third-order valence-corrected chi connectivity index (χ3v) is 1.95. The van der Waals surface area contributed by atoms with Crippen LogP contribution in [0.2, 0.25) is 0 Å². The Balaban J connectivity index is 0. The van der Waals surface area contributed by atoms with Gasteiger partial charge >= 0.3 is 0 Å². The van der Waals surface area contributed by atoms with Crippen molar-refractivity contribution < 1.29 is 0 Å². The predicted molar refractivity (Wildman–Crippen MR) is 68.3 cm³/mol. The Morgan fingerprint density at radius 1 is 1.00 bits per heavy atom. The molecular weight excluding hydrogens is 184 g/mol. The molecule has 1 aromatic heterocycles. The molecule has 0 unspecified atom stereocenters. The highest BCUT2D eigenvalue weighted by atomic mass is 15.1. The van der Waals surface area contributed by atoms with Crippen molar-refractivity contribution in [3.05, 3.63) is 23.5 Å². The molecule has 0 aliphatic rings. The molecule has 0 aromatic carbocycles. The van der Waals surface area contributed by atoms with Crippen molar-refractivity contribution in [2.45, 2.75) is 60.8 Å². The van der Waals surface area contributed by atoms with Crippen molar-refractivity contribution in [1.29, 1.82) is 0 Å². The monoisotopic (exact) mass is 210 g/mol. The van der Waals surface area contributed by atoms with E-state index in [1.54, 1.807) is 6.20 Å². The highest BCUT2D eigenvalue weighted by Gasteiger charge is 2.10. The molecule has 0 radical (unpaired) electrons. The van der Waals surface area contributed by atoms with Crippen LogP contribution in [0.4, 0.5) is 0 Å². The molecule has 0 saturated carbocycles. The second kappa shape index (κ2) is 8.39. The minimum atomic E-state index is 0. The second-order valence-electron chi connectivity index (χ2n) is 3.68. The number of hydrogen-bond donors (Lipinski definition) is 0. The van der Waals surface area contributed by atoms with Gasteiger partial charge in [-0.2, -0.15) is 10.2 Å². The van der Waals surface area contributed by atoms with Crippen LogP contribution in [0, 0.1) is 0 Å². The smallest absolute Gasteiger partial charge is 0.0690 e. The van der Waals surface area contributed by atoms with Crippen LogP contribution in [0.5, 0.6) is 0 Å². The Morgan fingerprint density at radius 3 is 1.87 bits per heavy atom. The first-order chi connectivity index (χ1) is 6.63. The number of hydrogen-bond acceptors (Lipinski definition) is 2. The fraction of sp³-hybridized carbons (Fsp3) is 0.692. The molecule has 0 aliphatic heterocycles. The van der Waals surface area contributed by atoms with Gasteiger partial charge in [0.25, 0.3) is 0 Å². The van der Waals surface area contributed by atoms with Gasteiger partial charge < -0.3 is 0 Å². The average Bonchev–Trinajstić information content (AvgIpc) is 2.20. The predicted octanol–water partition coefficient (Wildman–Crippen LogP) is 4.39. The van der Waals surface area contributed by atoms with Gasteiger partial charge in [0.2, 0.25) is 0 Å². The van der Waals surface area contributed by atoms with Crippen LogP contribution in [-0.4, -0.2) is 10.2 Å². The quantitative estimate of drug-likeness (QED) is 0.723. The molecule has 0 saturated heterocycles. The molecule has 1 rings (SSSR count). The molecule has 2 heteroatoms. The van der Waals surface area contributed by atoms with E-state index in [2.05, 4.69) is 44.0 Å². The Morgan fingerprint density at radius 2 is 1.53 bits per heavy atom. The molecule has 0 amide bonds. The summed E-state index contributed by atoms with van der Waals surface area (Å²) in [5.74, 6) is 1.01. The van der Waals surface area contributed by atoms with Crippen molar-refractivity contribution in [2.24, 2.45) is 0 Å². The van der Waals surface area contributed by atoms with Crippen molar-refractivity contribution in [3.63, 3.8) is 0 Å². The summed E-state index contributed by atoms with van der Waals surface area (Å²) in [6.07, 6.45) is 1.77. The third kappa shape index (κ3) is 4.91. The van der Waals surface area contributed by atoms with E-state index in [1.807, 2.05) is 13.8 Å². The van der Waals surface area contributed by atoms with Crippen LogP contribution in [-0.2, 0) is 0 Å². The van der Waals surface area contributed by atoms with Crippen LogP contribution < -0.4 is 0 Å². The molecule has 0 atom stereocenters. The Hall–Kier alpha value is -0.920. The van der Waals surface area contributed by atoms with Gasteiger partial charge in [-0.3, -0.25) is 0 Å². The molecule has 2 nitrogen and oxygen atoms in total. The maximum absolute atomic E-state index is 4.15. The molecule has 0 bridgehead atoms. The molecule has 0 fully saturated rings. The highest BCUT2D eigenvalue weighted by Crippen LogP contribution is 2.22. The first-order valence-electron chi connectivity index (χ1n) is 5.44. The molecule has 1 aromatic rings. The molecule has 88 valence electrons. The van der Waals surface area contributed by atoms with Gasteiger partial charge in [-0.25, -0.2) is 0 Å². The SMILES string of the molecule is C.CC.CC(C)c1ccnnc1C(C)C. The molecule has 0 aliphatic carbocycles. The fourth-order valence-corrected chi connectivity index (χ4v) is 1.29. The molecule has 15 heavy (non-hydrogen) atoms. The lowest BCUT2D eigenvalue weighted by molar-refractivity contribution is 0.729. The van der Waals surface area contributed by atoms with E-state index in [0.717, 1.165) is 5.69 Å². The van der Waals surface area contributed by atoms with E-state index in [1.165, 1.54) is 5.56 Å². The summed E-state index contributed by atoms with van der Waals surface area (Å²) in [6, 6.07) is 2.06. The largest absolute Gasteiger partial charge is 0.159 e. The molecule has 0 N–H and O–H groups in total. The van der Waals surface area contributed by atoms with E-state index in [4.69, 9.17) is 0 Å². The maximum atomic E-state index is 4.15. The Labute approximate surface area is 95.1 Å². The van der Waals surface area contributed by atoms with Gasteiger partial charge in [0.1, 0.15) is 0 Å². The van der Waals surface area contributed by atoms with Crippen LogP contribution in [0.3, 0.4) is 0 Å². The lowest BCUT2D eigenvalue weighted by atomic mass is 9.96. The first-order valence-corrected chi connectivity index (χ1v) is 5.44. The van der Waals surface area contributed by atoms with E-state index in [0.29, 0.717) is 11.8 Å². The molecular formula is C13H26N2. The van der Waals surface area contributed by atoms with Gasteiger partial charge in [0.15, 0.2) is 0 Å². The zero-order valence-corrected chi connectivity index (χ0v) is 10.2. The maximum Gasteiger partial charge on any atom is 0.0690 e. The van der Waals surface area contributed by atoms with Crippen LogP contribution in [0.25, 0.3) is 0 Å². The Kier molecular flexibility index (Phi) is 9.24. The summed E-state index contributed by atoms with van der Waals surface area (Å²) < 4.78 is 0. The highest BCUT2D eigenvalue weighted by molar-refractivity contribution is 5.23. The van der Waals surface area contributed by atoms with E-state index < -0.39 is 0 Å². The second-order valence-corrected chi connectivity index (χ2v) is 3.68. The first kappa shape index (κ1) is 16.5. The van der Waals surface area contributed by atoms with E-state index in [-0.39, 0.29) is 7.43 Å². The van der Waals surface area contributed by atoms with Crippen LogP contribution in [0.1, 0.15) is 72.1 Å². The van der Waals surface area contributed by atoms with E-state index in [9.17, 15) is 0 Å². The minimum absolute atomic E-state index is 0. The summed E-state index contributed by atoms with van der Waals surface area (Å²) >= 11 is 0. The van der Waals surface area contributed by atoms with Crippen LogP contribution in [0.15, 0.2) is 12.3 Å². The Bertz CT molecular complexity index is 227. The zero-order valence-electron chi connectivity index (χ0n) is 10.2. The van der Waals surface area contributed by atoms with Crippen molar-refractivity contribution in [1.82, 2.24) is 10.2 Å². The van der Waals surface area contributed by atoms with Crippen molar-refractivity contribution in [2.75, 3.05) is 0 Å². The lowest BCUT2D eigenvalue weighted by Gasteiger charge is -2.12. The third-order valence-electron chi connectivity index (χ3n) is 1.95. The average molecular weight is 210 g/mol. The van der Waals surface area contributed by atoms with Gasteiger partial charge in [0, 0.05) is 6.20 Å². The lowest BCUT2D eigenvalue weighted by Crippen LogP contribution is -2.02. The normalized spacial score (nSPS) is 9.33. The minimum Gasteiger partial charge on any atom is -0.159 e. The summed E-state index contributed by atoms with van der Waals surface area (Å²) in [4.78, 5) is 0. The fourth-order valence-electron chi connectivity index (χ4n) is 1.29. The summed E-state index contributed by atoms with van der Waals surface area (Å²) in [7, 11) is 0. The zero-order chi connectivity index (χ0) is 11.1. The molecule has 0 spiro atoms. The van der Waals surface area contributed by atoms with Crippen molar-refractivity contribution in [3.8, 4) is 0 Å². The number of rotatable bonds is 2. The summed E-state index contributed by atoms with van der Waals surface area (Å²) in [5.41, 5.74) is 2.45. The summed E-state index contributed by atoms with van der Waals surface area (Å²) in [6.45, 7) is 12.7. The molecule has 1 heterocycles. The number of nitrogens with zero attached hydrogens (tertiary/aromatic N) is 2. The number of aromatic nitrogens is 2. The summed E-state index contributed by atoms with van der Waals surface area (Å²) in [5, 5.41) is 8.05. The van der Waals surface area contributed by atoms with Gasteiger partial charge in [-0.1, -0.05) is 49.0 Å². The van der Waals surface area contributed by atoms with E-state index >= 15 is 0 Å². The van der Waals surface area contributed by atoms with Crippen LogP contribution >= 0.6 is 0 Å². The van der Waals surface area contributed by atoms with Gasteiger partial charge in [-0.15, -0.1) is 0 Å².